The van der Waals surface area contributed by atoms with Gasteiger partial charge in [0.2, 0.25) is 21.8 Å². The van der Waals surface area contributed by atoms with E-state index in [0.717, 1.165) is 21.7 Å². The maximum absolute atomic E-state index is 13.4. The number of carbonyl (C=O) groups is 2. The Kier molecular flexibility index (Phi) is 8.65. The topological polar surface area (TPSA) is 96.0 Å². The van der Waals surface area contributed by atoms with Crippen LogP contribution in [-0.4, -0.2) is 57.6 Å². The van der Waals surface area contributed by atoms with Gasteiger partial charge in [0.15, 0.2) is 0 Å². The van der Waals surface area contributed by atoms with Crippen LogP contribution in [0.15, 0.2) is 48.5 Å². The summed E-state index contributed by atoms with van der Waals surface area (Å²) in [4.78, 5) is 27.3. The van der Waals surface area contributed by atoms with E-state index in [-0.39, 0.29) is 12.5 Å². The molecule has 0 aliphatic rings. The van der Waals surface area contributed by atoms with Gasteiger partial charge in [0, 0.05) is 13.1 Å². The number of likely N-dealkylation sites (N-methyl/N-ethyl adjacent to an activating group) is 1. The number of nitrogens with zero attached hydrogens (tertiary/aromatic N) is 2. The smallest absolute Gasteiger partial charge is 0.244 e. The minimum absolute atomic E-state index is 0.145. The van der Waals surface area contributed by atoms with Gasteiger partial charge in [-0.15, -0.1) is 0 Å². The second kappa shape index (κ2) is 11.0. The summed E-state index contributed by atoms with van der Waals surface area (Å²) in [6, 6.07) is 13.3. The number of para-hydroxylation sites is 1. The zero-order valence-electron chi connectivity index (χ0n) is 19.2. The molecule has 0 radical (unpaired) electrons. The van der Waals surface area contributed by atoms with Crippen LogP contribution in [0.2, 0.25) is 0 Å². The SMILES string of the molecule is CCNC(=O)[C@@H](C)N(Cc1ccc(OC)cc1)C(=O)CN(c1ccccc1C)S(C)(=O)=O. The number of aryl methyl sites for hydroxylation is 1. The Morgan fingerprint density at radius 1 is 1.09 bits per heavy atom. The Labute approximate surface area is 190 Å². The Balaban J connectivity index is 2.38. The van der Waals surface area contributed by atoms with Crippen LogP contribution in [0.3, 0.4) is 0 Å². The van der Waals surface area contributed by atoms with Gasteiger partial charge < -0.3 is 15.0 Å². The van der Waals surface area contributed by atoms with E-state index in [2.05, 4.69) is 5.32 Å². The van der Waals surface area contributed by atoms with E-state index in [4.69, 9.17) is 4.74 Å². The highest BCUT2D eigenvalue weighted by molar-refractivity contribution is 7.92. The van der Waals surface area contributed by atoms with Crippen molar-refractivity contribution < 1.29 is 22.7 Å². The molecular formula is C23H31N3O5S. The number of amides is 2. The van der Waals surface area contributed by atoms with Gasteiger partial charge in [-0.25, -0.2) is 8.42 Å². The first-order valence-corrected chi connectivity index (χ1v) is 12.2. The lowest BCUT2D eigenvalue weighted by Gasteiger charge is -2.31. The fourth-order valence-corrected chi connectivity index (χ4v) is 4.18. The van der Waals surface area contributed by atoms with E-state index in [1.807, 2.05) is 0 Å². The minimum atomic E-state index is -3.74. The van der Waals surface area contributed by atoms with Gasteiger partial charge in [0.25, 0.3) is 0 Å². The van der Waals surface area contributed by atoms with Crippen molar-refractivity contribution in [2.24, 2.45) is 0 Å². The number of ether oxygens (including phenoxy) is 1. The van der Waals surface area contributed by atoms with Crippen LogP contribution in [0.4, 0.5) is 5.69 Å². The fraction of sp³-hybridized carbons (Fsp3) is 0.391. The van der Waals surface area contributed by atoms with Crippen molar-refractivity contribution in [3.63, 3.8) is 0 Å². The summed E-state index contributed by atoms with van der Waals surface area (Å²) in [6.07, 6.45) is 1.06. The van der Waals surface area contributed by atoms with Crippen molar-refractivity contribution >= 4 is 27.5 Å². The van der Waals surface area contributed by atoms with Crippen LogP contribution in [-0.2, 0) is 26.2 Å². The largest absolute Gasteiger partial charge is 0.497 e. The molecule has 2 aromatic rings. The lowest BCUT2D eigenvalue weighted by Crippen LogP contribution is -2.51. The summed E-state index contributed by atoms with van der Waals surface area (Å²) in [5, 5.41) is 2.72. The average molecular weight is 462 g/mol. The van der Waals surface area contributed by atoms with Crippen LogP contribution in [0.25, 0.3) is 0 Å². The molecule has 174 valence electrons. The van der Waals surface area contributed by atoms with Crippen molar-refractivity contribution in [2.75, 3.05) is 30.8 Å². The molecule has 2 aromatic carbocycles. The zero-order chi connectivity index (χ0) is 23.9. The van der Waals surface area contributed by atoms with Crippen LogP contribution < -0.4 is 14.4 Å². The zero-order valence-corrected chi connectivity index (χ0v) is 20.0. The molecule has 8 nitrogen and oxygen atoms in total. The number of sulfonamides is 1. The monoisotopic (exact) mass is 461 g/mol. The first-order chi connectivity index (χ1) is 15.1. The summed E-state index contributed by atoms with van der Waals surface area (Å²) >= 11 is 0. The maximum atomic E-state index is 13.4. The molecule has 0 spiro atoms. The highest BCUT2D eigenvalue weighted by Crippen LogP contribution is 2.23. The second-order valence-electron chi connectivity index (χ2n) is 7.50. The number of hydrogen-bond acceptors (Lipinski definition) is 5. The number of hydrogen-bond donors (Lipinski definition) is 1. The predicted octanol–water partition coefficient (Wildman–Crippen LogP) is 2.32. The third kappa shape index (κ3) is 6.46. The van der Waals surface area contributed by atoms with Gasteiger partial charge in [0.1, 0.15) is 18.3 Å². The summed E-state index contributed by atoms with van der Waals surface area (Å²) < 4.78 is 31.3. The highest BCUT2D eigenvalue weighted by atomic mass is 32.2. The van der Waals surface area contributed by atoms with Crippen LogP contribution in [0.1, 0.15) is 25.0 Å². The van der Waals surface area contributed by atoms with Crippen molar-refractivity contribution in [1.82, 2.24) is 10.2 Å². The molecule has 0 heterocycles. The summed E-state index contributed by atoms with van der Waals surface area (Å²) in [6.45, 7) is 5.36. The van der Waals surface area contributed by atoms with Crippen LogP contribution >= 0.6 is 0 Å². The normalized spacial score (nSPS) is 12.0. The third-order valence-corrected chi connectivity index (χ3v) is 6.22. The Hall–Kier alpha value is -3.07. The molecule has 0 fully saturated rings. The number of methoxy groups -OCH3 is 1. The minimum Gasteiger partial charge on any atom is -0.497 e. The Bertz CT molecular complexity index is 1040. The molecule has 0 bridgehead atoms. The standard InChI is InChI=1S/C23H31N3O5S/c1-6-24-23(28)18(3)25(15-19-11-13-20(31-4)14-12-19)22(27)16-26(32(5,29)30)21-10-8-7-9-17(21)2/h7-14,18H,6,15-16H2,1-5H3,(H,24,28)/t18-/m1/s1. The van der Waals surface area contributed by atoms with E-state index in [0.29, 0.717) is 18.0 Å². The number of benzene rings is 2. The quantitative estimate of drug-likeness (QED) is 0.586. The maximum Gasteiger partial charge on any atom is 0.244 e. The molecule has 0 aliphatic heterocycles. The van der Waals surface area contributed by atoms with Gasteiger partial charge in [-0.2, -0.15) is 0 Å². The van der Waals surface area contributed by atoms with E-state index in [9.17, 15) is 18.0 Å². The molecule has 32 heavy (non-hydrogen) atoms. The van der Waals surface area contributed by atoms with Gasteiger partial charge in [-0.05, 0) is 50.1 Å². The molecule has 1 N–H and O–H groups in total. The summed E-state index contributed by atoms with van der Waals surface area (Å²) in [7, 11) is -2.18. The first-order valence-electron chi connectivity index (χ1n) is 10.3. The molecule has 0 unspecified atom stereocenters. The first kappa shape index (κ1) is 25.2. The molecule has 9 heteroatoms. The highest BCUT2D eigenvalue weighted by Gasteiger charge is 2.30. The molecule has 0 saturated carbocycles. The second-order valence-corrected chi connectivity index (χ2v) is 9.40. The average Bonchev–Trinajstić information content (AvgIpc) is 2.75. The third-order valence-electron chi connectivity index (χ3n) is 5.09. The predicted molar refractivity (Wildman–Crippen MR) is 125 cm³/mol. The molecule has 2 amide bonds. The van der Waals surface area contributed by atoms with Gasteiger partial charge in [-0.1, -0.05) is 30.3 Å². The Morgan fingerprint density at radius 2 is 1.72 bits per heavy atom. The number of rotatable bonds is 10. The van der Waals surface area contributed by atoms with E-state index in [1.165, 1.54) is 4.90 Å². The molecule has 0 aliphatic carbocycles. The summed E-state index contributed by atoms with van der Waals surface area (Å²) in [5.41, 5.74) is 1.94. The van der Waals surface area contributed by atoms with Crippen molar-refractivity contribution in [3.8, 4) is 5.75 Å². The number of nitrogens with one attached hydrogen (secondary N) is 1. The molecule has 0 saturated heterocycles. The van der Waals surface area contributed by atoms with Gasteiger partial charge in [0.05, 0.1) is 19.1 Å². The van der Waals surface area contributed by atoms with Crippen LogP contribution in [0, 0.1) is 6.92 Å². The van der Waals surface area contributed by atoms with E-state index in [1.54, 1.807) is 76.4 Å². The van der Waals surface area contributed by atoms with Crippen molar-refractivity contribution in [3.05, 3.63) is 59.7 Å². The molecular weight excluding hydrogens is 430 g/mol. The molecule has 1 atom stereocenters. The fourth-order valence-electron chi connectivity index (χ4n) is 3.27. The van der Waals surface area contributed by atoms with Gasteiger partial charge in [-0.3, -0.25) is 13.9 Å². The van der Waals surface area contributed by atoms with Crippen molar-refractivity contribution in [2.45, 2.75) is 33.4 Å². The van der Waals surface area contributed by atoms with Gasteiger partial charge >= 0.3 is 0 Å². The summed E-state index contributed by atoms with van der Waals surface area (Å²) in [5.74, 6) is -0.115. The number of anilines is 1. The van der Waals surface area contributed by atoms with E-state index >= 15 is 0 Å². The molecule has 0 aromatic heterocycles. The lowest BCUT2D eigenvalue weighted by molar-refractivity contribution is -0.139. The number of carbonyl (C=O) groups excluding carboxylic acids is 2. The van der Waals surface area contributed by atoms with Crippen molar-refractivity contribution in [1.29, 1.82) is 0 Å². The van der Waals surface area contributed by atoms with Crippen LogP contribution in [0.5, 0.6) is 5.75 Å². The Morgan fingerprint density at radius 3 is 2.25 bits per heavy atom. The molecule has 2 rings (SSSR count). The van der Waals surface area contributed by atoms with E-state index < -0.39 is 28.5 Å². The lowest BCUT2D eigenvalue weighted by atomic mass is 10.1.